The molecule has 1 fully saturated rings. The number of methoxy groups -OCH3 is 1. The molecule has 0 spiro atoms. The van der Waals surface area contributed by atoms with Crippen molar-refractivity contribution in [1.29, 1.82) is 0 Å². The van der Waals surface area contributed by atoms with E-state index < -0.39 is 5.97 Å². The van der Waals surface area contributed by atoms with Gasteiger partial charge in [0.1, 0.15) is 5.75 Å². The third kappa shape index (κ3) is 2.71. The summed E-state index contributed by atoms with van der Waals surface area (Å²) in [5.41, 5.74) is 5.53. The number of H-pyrrole nitrogens is 1. The van der Waals surface area contributed by atoms with Crippen molar-refractivity contribution in [3.05, 3.63) is 48.2 Å². The molecule has 0 radical (unpaired) electrons. The second kappa shape index (κ2) is 5.84. The highest BCUT2D eigenvalue weighted by molar-refractivity contribution is 5.97. The first kappa shape index (κ1) is 15.6. The number of carboxylic acids is 1. The fourth-order valence-corrected chi connectivity index (χ4v) is 3.41. The number of benzene rings is 2. The summed E-state index contributed by atoms with van der Waals surface area (Å²) in [4.78, 5) is 16.5. The number of aromatic nitrogens is 1. The summed E-state index contributed by atoms with van der Waals surface area (Å²) in [6, 6.07) is 12.4. The summed E-state index contributed by atoms with van der Waals surface area (Å²) in [6.07, 6.45) is 2.01. The summed E-state index contributed by atoms with van der Waals surface area (Å²) in [6.45, 7) is 3.21. The smallest absolute Gasteiger partial charge is 0.310 e. The van der Waals surface area contributed by atoms with Gasteiger partial charge in [-0.1, -0.05) is 6.07 Å². The Hall–Kier alpha value is -2.95. The average molecular weight is 336 g/mol. The molecule has 1 saturated heterocycles. The Labute approximate surface area is 145 Å². The van der Waals surface area contributed by atoms with Crippen molar-refractivity contribution in [2.45, 2.75) is 6.92 Å². The van der Waals surface area contributed by atoms with Gasteiger partial charge in [-0.25, -0.2) is 0 Å². The van der Waals surface area contributed by atoms with E-state index in [1.165, 1.54) is 0 Å². The zero-order valence-corrected chi connectivity index (χ0v) is 14.2. The van der Waals surface area contributed by atoms with E-state index in [0.29, 0.717) is 13.1 Å². The van der Waals surface area contributed by atoms with Crippen molar-refractivity contribution in [2.75, 3.05) is 25.1 Å². The second-order valence-corrected chi connectivity index (χ2v) is 6.61. The highest BCUT2D eigenvalue weighted by Gasteiger charge is 2.32. The number of ether oxygens (including phenoxy) is 1. The molecule has 5 heteroatoms. The van der Waals surface area contributed by atoms with Gasteiger partial charge in [0.05, 0.1) is 13.0 Å². The summed E-state index contributed by atoms with van der Waals surface area (Å²) in [5, 5.41) is 10.2. The van der Waals surface area contributed by atoms with Crippen LogP contribution in [0.5, 0.6) is 5.75 Å². The van der Waals surface area contributed by atoms with Gasteiger partial charge in [-0.15, -0.1) is 0 Å². The molecule has 0 atom stereocenters. The van der Waals surface area contributed by atoms with Gasteiger partial charge in [0.2, 0.25) is 0 Å². The fraction of sp³-hybridized carbons (Fsp3) is 0.250. The number of anilines is 1. The number of hydrogen-bond acceptors (Lipinski definition) is 3. The van der Waals surface area contributed by atoms with E-state index >= 15 is 0 Å². The zero-order valence-electron chi connectivity index (χ0n) is 14.2. The predicted octanol–water partition coefficient (Wildman–Crippen LogP) is 3.67. The van der Waals surface area contributed by atoms with Gasteiger partial charge in [-0.2, -0.15) is 0 Å². The molecule has 3 aromatic rings. The lowest BCUT2D eigenvalue weighted by Crippen LogP contribution is -2.50. The van der Waals surface area contributed by atoms with E-state index in [4.69, 9.17) is 9.84 Å². The van der Waals surface area contributed by atoms with E-state index in [2.05, 4.69) is 35.0 Å². The molecule has 0 saturated carbocycles. The van der Waals surface area contributed by atoms with Crippen LogP contribution in [0.1, 0.15) is 5.56 Å². The maximum atomic E-state index is 11.0. The molecule has 5 nitrogen and oxygen atoms in total. The lowest BCUT2D eigenvalue weighted by Gasteiger charge is -2.39. The van der Waals surface area contributed by atoms with Crippen LogP contribution in [-0.4, -0.2) is 36.3 Å². The van der Waals surface area contributed by atoms with Crippen LogP contribution < -0.4 is 9.64 Å². The molecular formula is C20H20N2O3. The van der Waals surface area contributed by atoms with Crippen molar-refractivity contribution in [3.8, 4) is 16.9 Å². The van der Waals surface area contributed by atoms with Crippen molar-refractivity contribution >= 4 is 22.6 Å². The van der Waals surface area contributed by atoms with Crippen LogP contribution in [0.4, 0.5) is 5.69 Å². The van der Waals surface area contributed by atoms with Gasteiger partial charge in [-0.3, -0.25) is 4.79 Å². The standard InChI is InChI=1S/C20H20N2O3/c1-12-5-13(7-15(6-12)22-10-14(11-22)20(23)24)18-9-21-19-4-3-16(25-2)8-17(18)19/h3-9,14,21H,10-11H2,1-2H3,(H,23,24). The van der Waals surface area contributed by atoms with Gasteiger partial charge in [-0.05, 0) is 48.4 Å². The highest BCUT2D eigenvalue weighted by Crippen LogP contribution is 2.35. The quantitative estimate of drug-likeness (QED) is 0.763. The largest absolute Gasteiger partial charge is 0.497 e. The lowest BCUT2D eigenvalue weighted by atomic mass is 9.96. The number of aryl methyl sites for hydroxylation is 1. The van der Waals surface area contributed by atoms with E-state index in [1.54, 1.807) is 7.11 Å². The number of carbonyl (C=O) groups is 1. The Balaban J connectivity index is 1.73. The maximum absolute atomic E-state index is 11.0. The molecule has 2 aromatic carbocycles. The minimum atomic E-state index is -0.715. The third-order valence-corrected chi connectivity index (χ3v) is 4.86. The number of nitrogens with one attached hydrogen (secondary N) is 1. The molecule has 128 valence electrons. The first-order valence-corrected chi connectivity index (χ1v) is 8.30. The second-order valence-electron chi connectivity index (χ2n) is 6.61. The Bertz CT molecular complexity index is 955. The molecule has 2 heterocycles. The van der Waals surface area contributed by atoms with Crippen molar-refractivity contribution in [3.63, 3.8) is 0 Å². The molecule has 4 rings (SSSR count). The molecular weight excluding hydrogens is 316 g/mol. The monoisotopic (exact) mass is 336 g/mol. The van der Waals surface area contributed by atoms with Crippen molar-refractivity contribution in [2.24, 2.45) is 5.92 Å². The number of carboxylic acid groups (broad SMARTS) is 1. The van der Waals surface area contributed by atoms with Crippen LogP contribution in [0, 0.1) is 12.8 Å². The van der Waals surface area contributed by atoms with Gasteiger partial charge in [0, 0.05) is 41.4 Å². The van der Waals surface area contributed by atoms with Crippen LogP contribution in [0.25, 0.3) is 22.0 Å². The first-order chi connectivity index (χ1) is 12.0. The van der Waals surface area contributed by atoms with Crippen LogP contribution in [0.2, 0.25) is 0 Å². The number of aromatic amines is 1. The SMILES string of the molecule is COc1ccc2[nH]cc(-c3cc(C)cc(N4CC(C(=O)O)C4)c3)c2c1. The van der Waals surface area contributed by atoms with Crippen molar-refractivity contribution < 1.29 is 14.6 Å². The van der Waals surface area contributed by atoms with Gasteiger partial charge < -0.3 is 19.7 Å². The van der Waals surface area contributed by atoms with Crippen LogP contribution in [0.15, 0.2) is 42.6 Å². The normalized spacial score (nSPS) is 14.6. The molecule has 1 aliphatic rings. The Morgan fingerprint density at radius 2 is 2.04 bits per heavy atom. The number of nitrogens with zero attached hydrogens (tertiary/aromatic N) is 1. The number of hydrogen-bond donors (Lipinski definition) is 2. The minimum absolute atomic E-state index is 0.263. The molecule has 1 aliphatic heterocycles. The Kier molecular flexibility index (Phi) is 3.64. The molecule has 1 aromatic heterocycles. The zero-order chi connectivity index (χ0) is 17.6. The first-order valence-electron chi connectivity index (χ1n) is 8.30. The number of aliphatic carboxylic acids is 1. The van der Waals surface area contributed by atoms with Crippen LogP contribution >= 0.6 is 0 Å². The third-order valence-electron chi connectivity index (χ3n) is 4.86. The predicted molar refractivity (Wildman–Crippen MR) is 98.4 cm³/mol. The summed E-state index contributed by atoms with van der Waals surface area (Å²) in [7, 11) is 1.67. The Morgan fingerprint density at radius 1 is 1.24 bits per heavy atom. The molecule has 2 N–H and O–H groups in total. The van der Waals surface area contributed by atoms with Gasteiger partial charge >= 0.3 is 5.97 Å². The lowest BCUT2D eigenvalue weighted by molar-refractivity contribution is -0.142. The van der Waals surface area contributed by atoms with Gasteiger partial charge in [0.25, 0.3) is 0 Å². The van der Waals surface area contributed by atoms with Gasteiger partial charge in [0.15, 0.2) is 0 Å². The molecule has 0 bridgehead atoms. The maximum Gasteiger partial charge on any atom is 0.310 e. The van der Waals surface area contributed by atoms with Crippen LogP contribution in [-0.2, 0) is 4.79 Å². The average Bonchev–Trinajstić information content (AvgIpc) is 2.95. The van der Waals surface area contributed by atoms with E-state index in [9.17, 15) is 4.79 Å². The summed E-state index contributed by atoms with van der Waals surface area (Å²) in [5.74, 6) is -0.151. The van der Waals surface area contributed by atoms with E-state index in [0.717, 1.165) is 39.0 Å². The topological polar surface area (TPSA) is 65.6 Å². The van der Waals surface area contributed by atoms with E-state index in [-0.39, 0.29) is 5.92 Å². The van der Waals surface area contributed by atoms with Crippen molar-refractivity contribution in [1.82, 2.24) is 4.98 Å². The number of fused-ring (bicyclic) bond motifs is 1. The Morgan fingerprint density at radius 3 is 2.76 bits per heavy atom. The summed E-state index contributed by atoms with van der Waals surface area (Å²) >= 11 is 0. The fourth-order valence-electron chi connectivity index (χ4n) is 3.41. The molecule has 0 amide bonds. The van der Waals surface area contributed by atoms with Crippen LogP contribution in [0.3, 0.4) is 0 Å². The summed E-state index contributed by atoms with van der Waals surface area (Å²) < 4.78 is 5.35. The minimum Gasteiger partial charge on any atom is -0.497 e. The molecule has 0 aliphatic carbocycles. The molecule has 25 heavy (non-hydrogen) atoms. The number of rotatable bonds is 4. The molecule has 0 unspecified atom stereocenters. The highest BCUT2D eigenvalue weighted by atomic mass is 16.5. The van der Waals surface area contributed by atoms with E-state index in [1.807, 2.05) is 24.4 Å².